The zero-order valence-electron chi connectivity index (χ0n) is 11.8. The molecule has 0 bridgehead atoms. The molecule has 0 spiro atoms. The first-order chi connectivity index (χ1) is 10.1. The van der Waals surface area contributed by atoms with Crippen molar-refractivity contribution in [2.24, 2.45) is 0 Å². The summed E-state index contributed by atoms with van der Waals surface area (Å²) >= 11 is 3.04. The van der Waals surface area contributed by atoms with Crippen molar-refractivity contribution in [3.05, 3.63) is 33.0 Å². The molecule has 0 saturated carbocycles. The number of aryl methyl sites for hydroxylation is 1. The summed E-state index contributed by atoms with van der Waals surface area (Å²) in [5.74, 6) is -0.831. The minimum atomic E-state index is -0.831. The molecule has 5 nitrogen and oxygen atoms in total. The molecule has 21 heavy (non-hydrogen) atoms. The lowest BCUT2D eigenvalue weighted by Crippen LogP contribution is -2.45. The van der Waals surface area contributed by atoms with Gasteiger partial charge in [0.05, 0.1) is 0 Å². The number of piperazine rings is 1. The summed E-state index contributed by atoms with van der Waals surface area (Å²) in [7, 11) is 0. The minimum absolute atomic E-state index is 0.434. The van der Waals surface area contributed by atoms with Gasteiger partial charge in [0, 0.05) is 49.2 Å². The van der Waals surface area contributed by atoms with Crippen LogP contribution in [0.5, 0.6) is 0 Å². The van der Waals surface area contributed by atoms with Crippen molar-refractivity contribution in [3.63, 3.8) is 0 Å². The van der Waals surface area contributed by atoms with Crippen LogP contribution < -0.4 is 4.90 Å². The Kier molecular flexibility index (Phi) is 4.23. The summed E-state index contributed by atoms with van der Waals surface area (Å²) in [4.78, 5) is 21.6. The number of hydrogen-bond donors (Lipinski definition) is 1. The second-order valence-corrected chi connectivity index (χ2v) is 7.20. The molecule has 1 aliphatic rings. The molecule has 1 N–H and O–H groups in total. The van der Waals surface area contributed by atoms with E-state index < -0.39 is 5.97 Å². The van der Waals surface area contributed by atoms with Crippen molar-refractivity contribution in [1.29, 1.82) is 0 Å². The Labute approximate surface area is 131 Å². The lowest BCUT2D eigenvalue weighted by Gasteiger charge is -2.34. The molecule has 1 aliphatic heterocycles. The van der Waals surface area contributed by atoms with Crippen LogP contribution in [0, 0.1) is 6.92 Å². The predicted molar refractivity (Wildman–Crippen MR) is 85.6 cm³/mol. The van der Waals surface area contributed by atoms with Crippen LogP contribution in [0.2, 0.25) is 0 Å². The van der Waals surface area contributed by atoms with Gasteiger partial charge in [0.25, 0.3) is 0 Å². The van der Waals surface area contributed by atoms with Gasteiger partial charge in [-0.1, -0.05) is 0 Å². The van der Waals surface area contributed by atoms with Crippen molar-refractivity contribution in [2.45, 2.75) is 13.5 Å². The molecule has 2 aromatic heterocycles. The molecule has 1 fully saturated rings. The number of thiazole rings is 1. The molecular weight excluding hydrogens is 306 g/mol. The molecule has 0 amide bonds. The Hall–Kier alpha value is -1.44. The Balaban J connectivity index is 1.59. The van der Waals surface area contributed by atoms with Crippen LogP contribution in [0.25, 0.3) is 0 Å². The van der Waals surface area contributed by atoms with Gasteiger partial charge in [0.1, 0.15) is 4.88 Å². The molecule has 0 atom stereocenters. The zero-order valence-corrected chi connectivity index (χ0v) is 13.4. The second-order valence-electron chi connectivity index (χ2n) is 5.08. The second kappa shape index (κ2) is 6.13. The monoisotopic (exact) mass is 323 g/mol. The minimum Gasteiger partial charge on any atom is -0.477 e. The molecule has 0 unspecified atom stereocenters. The van der Waals surface area contributed by atoms with Gasteiger partial charge in [0.15, 0.2) is 5.13 Å². The third-order valence-corrected chi connectivity index (χ3v) is 5.60. The van der Waals surface area contributed by atoms with Crippen LogP contribution >= 0.6 is 22.7 Å². The fourth-order valence-electron chi connectivity index (χ4n) is 2.49. The van der Waals surface area contributed by atoms with E-state index in [-0.39, 0.29) is 0 Å². The average molecular weight is 323 g/mol. The molecule has 112 valence electrons. The Morgan fingerprint density at radius 3 is 2.71 bits per heavy atom. The summed E-state index contributed by atoms with van der Waals surface area (Å²) in [6.45, 7) is 6.75. The van der Waals surface area contributed by atoms with Gasteiger partial charge < -0.3 is 10.0 Å². The first-order valence-electron chi connectivity index (χ1n) is 6.83. The van der Waals surface area contributed by atoms with E-state index >= 15 is 0 Å². The number of hydrogen-bond acceptors (Lipinski definition) is 6. The van der Waals surface area contributed by atoms with Crippen LogP contribution in [-0.2, 0) is 6.54 Å². The van der Waals surface area contributed by atoms with E-state index in [0.717, 1.165) is 48.3 Å². The van der Waals surface area contributed by atoms with Crippen LogP contribution in [-0.4, -0.2) is 47.1 Å². The average Bonchev–Trinajstić information content (AvgIpc) is 3.10. The Morgan fingerprint density at radius 2 is 2.14 bits per heavy atom. The maximum Gasteiger partial charge on any atom is 0.345 e. The number of anilines is 1. The van der Waals surface area contributed by atoms with E-state index in [1.54, 1.807) is 11.3 Å². The van der Waals surface area contributed by atoms with Gasteiger partial charge in [0.2, 0.25) is 0 Å². The van der Waals surface area contributed by atoms with Gasteiger partial charge in [-0.2, -0.15) is 0 Å². The predicted octanol–water partition coefficient (Wildman–Crippen LogP) is 2.53. The molecule has 2 aromatic rings. The first-order valence-corrected chi connectivity index (χ1v) is 8.52. The molecule has 0 radical (unpaired) electrons. The maximum atomic E-state index is 11.0. The quantitative estimate of drug-likeness (QED) is 0.937. The number of rotatable bonds is 4. The summed E-state index contributed by atoms with van der Waals surface area (Å²) in [6.07, 6.45) is 1.84. The first kappa shape index (κ1) is 14.5. The van der Waals surface area contributed by atoms with E-state index in [9.17, 15) is 4.79 Å². The topological polar surface area (TPSA) is 56.7 Å². The third kappa shape index (κ3) is 3.25. The Morgan fingerprint density at radius 1 is 1.38 bits per heavy atom. The number of carboxylic acids is 1. The van der Waals surface area contributed by atoms with Crippen molar-refractivity contribution in [1.82, 2.24) is 9.88 Å². The van der Waals surface area contributed by atoms with Crippen molar-refractivity contribution >= 4 is 33.8 Å². The fraction of sp³-hybridized carbons (Fsp3) is 0.429. The van der Waals surface area contributed by atoms with Gasteiger partial charge in [-0.25, -0.2) is 9.78 Å². The van der Waals surface area contributed by atoms with Gasteiger partial charge in [-0.05, 0) is 18.6 Å². The Bertz CT molecular complexity index is 616. The highest BCUT2D eigenvalue weighted by atomic mass is 32.1. The van der Waals surface area contributed by atoms with E-state index in [1.165, 1.54) is 11.3 Å². The molecule has 0 aromatic carbocycles. The number of nitrogens with zero attached hydrogens (tertiary/aromatic N) is 3. The van der Waals surface area contributed by atoms with Crippen molar-refractivity contribution in [3.8, 4) is 0 Å². The van der Waals surface area contributed by atoms with Crippen LogP contribution in [0.15, 0.2) is 17.6 Å². The lowest BCUT2D eigenvalue weighted by molar-refractivity contribution is 0.0702. The fourth-order valence-corrected chi connectivity index (χ4v) is 4.06. The number of aromatic nitrogens is 1. The molecule has 3 heterocycles. The smallest absolute Gasteiger partial charge is 0.345 e. The highest BCUT2D eigenvalue weighted by Crippen LogP contribution is 2.24. The molecule has 1 saturated heterocycles. The maximum absolute atomic E-state index is 11.0. The molecule has 3 rings (SSSR count). The van der Waals surface area contributed by atoms with Crippen molar-refractivity contribution < 1.29 is 9.90 Å². The summed E-state index contributed by atoms with van der Waals surface area (Å²) in [5, 5.41) is 12.1. The van der Waals surface area contributed by atoms with Crippen LogP contribution in [0.4, 0.5) is 5.13 Å². The number of aromatic carboxylic acids is 1. The number of thiophene rings is 1. The molecule has 0 aliphatic carbocycles. The van der Waals surface area contributed by atoms with Crippen LogP contribution in [0.1, 0.15) is 20.1 Å². The van der Waals surface area contributed by atoms with E-state index in [2.05, 4.69) is 14.8 Å². The highest BCUT2D eigenvalue weighted by Gasteiger charge is 2.20. The van der Waals surface area contributed by atoms with Gasteiger partial charge in [-0.15, -0.1) is 22.7 Å². The summed E-state index contributed by atoms with van der Waals surface area (Å²) in [5.41, 5.74) is 1.14. The molecule has 7 heteroatoms. The van der Waals surface area contributed by atoms with E-state index in [0.29, 0.717) is 4.88 Å². The van der Waals surface area contributed by atoms with Gasteiger partial charge in [-0.3, -0.25) is 4.90 Å². The molecular formula is C14H17N3O2S2. The number of carboxylic acid groups (broad SMARTS) is 1. The SMILES string of the molecule is Cc1sc(C(=O)O)cc1CN1CCN(c2nccs2)CC1. The normalized spacial score (nSPS) is 16.3. The van der Waals surface area contributed by atoms with E-state index in [1.807, 2.05) is 24.6 Å². The summed E-state index contributed by atoms with van der Waals surface area (Å²) < 4.78 is 0. The third-order valence-electron chi connectivity index (χ3n) is 3.69. The van der Waals surface area contributed by atoms with Crippen molar-refractivity contribution in [2.75, 3.05) is 31.1 Å². The van der Waals surface area contributed by atoms with Crippen LogP contribution in [0.3, 0.4) is 0 Å². The standard InChI is InChI=1S/C14H17N3O2S2/c1-10-11(8-12(21-10)13(18)19)9-16-3-5-17(6-4-16)14-15-2-7-20-14/h2,7-8H,3-6,9H2,1H3,(H,18,19). The van der Waals surface area contributed by atoms with Gasteiger partial charge >= 0.3 is 5.97 Å². The highest BCUT2D eigenvalue weighted by molar-refractivity contribution is 7.14. The van der Waals surface area contributed by atoms with E-state index in [4.69, 9.17) is 5.11 Å². The lowest BCUT2D eigenvalue weighted by atomic mass is 10.2. The number of carbonyl (C=O) groups is 1. The zero-order chi connectivity index (χ0) is 14.8. The largest absolute Gasteiger partial charge is 0.477 e. The summed E-state index contributed by atoms with van der Waals surface area (Å²) in [6, 6.07) is 1.82.